The molecule has 6 heteroatoms. The highest BCUT2D eigenvalue weighted by molar-refractivity contribution is 5.92. The molecule has 5 rings (SSSR count). The SMILES string of the molecule is NC(=O)[C@]12CC3CC(C1)[C@@H](NC(=O)c1cccc(O)n1)C(C3)C2. The van der Waals surface area contributed by atoms with E-state index in [0.717, 1.165) is 32.1 Å². The number of primary amides is 1. The largest absolute Gasteiger partial charge is 0.493 e. The van der Waals surface area contributed by atoms with E-state index in [-0.39, 0.29) is 34.8 Å². The molecule has 0 spiro atoms. The van der Waals surface area contributed by atoms with Crippen LogP contribution >= 0.6 is 0 Å². The molecule has 0 radical (unpaired) electrons. The third-order valence-corrected chi connectivity index (χ3v) is 6.06. The van der Waals surface area contributed by atoms with Crippen molar-refractivity contribution < 1.29 is 14.7 Å². The zero-order valence-corrected chi connectivity index (χ0v) is 12.9. The van der Waals surface area contributed by atoms with Crippen LogP contribution in [0.4, 0.5) is 0 Å². The molecule has 4 aliphatic carbocycles. The molecule has 4 bridgehead atoms. The average Bonchev–Trinajstić information content (AvgIpc) is 2.50. The minimum atomic E-state index is -0.346. The van der Waals surface area contributed by atoms with E-state index in [9.17, 15) is 14.7 Å². The first-order valence-corrected chi connectivity index (χ1v) is 8.24. The van der Waals surface area contributed by atoms with Crippen LogP contribution in [-0.4, -0.2) is 27.9 Å². The summed E-state index contributed by atoms with van der Waals surface area (Å²) in [6.07, 6.45) is 4.61. The minimum absolute atomic E-state index is 0.0793. The van der Waals surface area contributed by atoms with Gasteiger partial charge in [-0.25, -0.2) is 4.98 Å². The standard InChI is InChI=1S/C17H21N3O3/c18-16(23)17-6-9-4-10(7-17)14(11(5-9)8-17)20-15(22)12-2-1-3-13(21)19-12/h1-3,9-11,14H,4-8H2,(H2,18,23)(H,19,21)(H,20,22)/t9?,10?,11?,14-,17-. The van der Waals surface area contributed by atoms with Crippen molar-refractivity contribution >= 4 is 11.8 Å². The molecular weight excluding hydrogens is 294 g/mol. The molecule has 4 aliphatic rings. The van der Waals surface area contributed by atoms with Gasteiger partial charge in [-0.1, -0.05) is 6.07 Å². The molecule has 1 aromatic rings. The first-order chi connectivity index (χ1) is 11.0. The van der Waals surface area contributed by atoms with Gasteiger partial charge in [0.05, 0.1) is 0 Å². The van der Waals surface area contributed by atoms with E-state index < -0.39 is 0 Å². The zero-order valence-electron chi connectivity index (χ0n) is 12.9. The van der Waals surface area contributed by atoms with E-state index in [1.807, 2.05) is 0 Å². The summed E-state index contributed by atoms with van der Waals surface area (Å²) in [4.78, 5) is 28.2. The second-order valence-corrected chi connectivity index (χ2v) is 7.49. The lowest BCUT2D eigenvalue weighted by Crippen LogP contribution is -2.62. The summed E-state index contributed by atoms with van der Waals surface area (Å²) in [6.45, 7) is 0. The van der Waals surface area contributed by atoms with E-state index >= 15 is 0 Å². The number of carbonyl (C=O) groups excluding carboxylic acids is 2. The average molecular weight is 315 g/mol. The fourth-order valence-electron chi connectivity index (χ4n) is 5.34. The molecule has 6 nitrogen and oxygen atoms in total. The Bertz CT molecular complexity index is 659. The summed E-state index contributed by atoms with van der Waals surface area (Å²) in [5.74, 6) is 0.607. The summed E-state index contributed by atoms with van der Waals surface area (Å²) < 4.78 is 0. The second-order valence-electron chi connectivity index (χ2n) is 7.49. The number of amides is 2. The number of nitrogens with zero attached hydrogens (tertiary/aromatic N) is 1. The second kappa shape index (κ2) is 4.94. The lowest BCUT2D eigenvalue weighted by atomic mass is 9.47. The molecule has 23 heavy (non-hydrogen) atoms. The molecule has 4 N–H and O–H groups in total. The minimum Gasteiger partial charge on any atom is -0.493 e. The van der Waals surface area contributed by atoms with Crippen LogP contribution in [0.5, 0.6) is 5.88 Å². The maximum Gasteiger partial charge on any atom is 0.270 e. The van der Waals surface area contributed by atoms with Crippen molar-refractivity contribution in [2.45, 2.75) is 38.1 Å². The normalized spacial score (nSPS) is 37.6. The first kappa shape index (κ1) is 14.5. The molecule has 0 aliphatic heterocycles. The molecule has 2 atom stereocenters. The van der Waals surface area contributed by atoms with Gasteiger partial charge in [0, 0.05) is 17.5 Å². The summed E-state index contributed by atoms with van der Waals surface area (Å²) in [5.41, 5.74) is 5.56. The van der Waals surface area contributed by atoms with Crippen LogP contribution in [-0.2, 0) is 4.79 Å². The van der Waals surface area contributed by atoms with Gasteiger partial charge in [-0.05, 0) is 55.9 Å². The van der Waals surface area contributed by atoms with Crippen molar-refractivity contribution in [3.05, 3.63) is 23.9 Å². The van der Waals surface area contributed by atoms with Gasteiger partial charge in [-0.3, -0.25) is 9.59 Å². The number of hydrogen-bond donors (Lipinski definition) is 3. The Balaban J connectivity index is 1.53. The Morgan fingerprint density at radius 2 is 1.91 bits per heavy atom. The van der Waals surface area contributed by atoms with Gasteiger partial charge in [0.2, 0.25) is 11.8 Å². The zero-order chi connectivity index (χ0) is 16.2. The lowest BCUT2D eigenvalue weighted by Gasteiger charge is -2.58. The fourth-order valence-corrected chi connectivity index (χ4v) is 5.34. The molecule has 2 amide bonds. The van der Waals surface area contributed by atoms with Crippen LogP contribution in [0.2, 0.25) is 0 Å². The quantitative estimate of drug-likeness (QED) is 0.779. The van der Waals surface area contributed by atoms with Crippen molar-refractivity contribution in [3.63, 3.8) is 0 Å². The Kier molecular flexibility index (Phi) is 3.11. The van der Waals surface area contributed by atoms with E-state index in [0.29, 0.717) is 17.8 Å². The van der Waals surface area contributed by atoms with Crippen molar-refractivity contribution in [1.29, 1.82) is 0 Å². The number of nitrogens with one attached hydrogen (secondary N) is 1. The monoisotopic (exact) mass is 315 g/mol. The molecule has 122 valence electrons. The molecule has 1 aromatic heterocycles. The van der Waals surface area contributed by atoms with Gasteiger partial charge in [-0.2, -0.15) is 0 Å². The molecule has 0 saturated heterocycles. The van der Waals surface area contributed by atoms with Gasteiger partial charge >= 0.3 is 0 Å². The van der Waals surface area contributed by atoms with Gasteiger partial charge in [0.25, 0.3) is 5.91 Å². The van der Waals surface area contributed by atoms with E-state index in [4.69, 9.17) is 5.73 Å². The first-order valence-electron chi connectivity index (χ1n) is 8.24. The number of aromatic nitrogens is 1. The van der Waals surface area contributed by atoms with Crippen LogP contribution in [0.1, 0.15) is 42.6 Å². The third kappa shape index (κ3) is 2.28. The number of rotatable bonds is 3. The van der Waals surface area contributed by atoms with Crippen molar-refractivity contribution in [2.75, 3.05) is 0 Å². The summed E-state index contributed by atoms with van der Waals surface area (Å²) in [5, 5.41) is 12.5. The summed E-state index contributed by atoms with van der Waals surface area (Å²) >= 11 is 0. The van der Waals surface area contributed by atoms with E-state index in [1.165, 1.54) is 6.07 Å². The Morgan fingerprint density at radius 3 is 2.52 bits per heavy atom. The summed E-state index contributed by atoms with van der Waals surface area (Å²) in [7, 11) is 0. The third-order valence-electron chi connectivity index (χ3n) is 6.06. The van der Waals surface area contributed by atoms with Crippen molar-refractivity contribution in [3.8, 4) is 5.88 Å². The number of nitrogens with two attached hydrogens (primary N) is 1. The molecule has 0 aromatic carbocycles. The highest BCUT2D eigenvalue weighted by atomic mass is 16.3. The highest BCUT2D eigenvalue weighted by Gasteiger charge is 2.58. The maximum atomic E-state index is 12.4. The molecule has 4 saturated carbocycles. The highest BCUT2D eigenvalue weighted by Crippen LogP contribution is 2.59. The van der Waals surface area contributed by atoms with Gasteiger partial charge in [0.15, 0.2) is 0 Å². The number of hydrogen-bond acceptors (Lipinski definition) is 4. The van der Waals surface area contributed by atoms with Crippen LogP contribution < -0.4 is 11.1 Å². The van der Waals surface area contributed by atoms with Crippen molar-refractivity contribution in [1.82, 2.24) is 10.3 Å². The predicted molar refractivity (Wildman–Crippen MR) is 82.3 cm³/mol. The lowest BCUT2D eigenvalue weighted by molar-refractivity contribution is -0.145. The predicted octanol–water partition coefficient (Wildman–Crippen LogP) is 1.20. The Morgan fingerprint density at radius 1 is 1.22 bits per heavy atom. The molecule has 1 heterocycles. The van der Waals surface area contributed by atoms with Gasteiger partial charge in [0.1, 0.15) is 5.69 Å². The molecular formula is C17H21N3O3. The fraction of sp³-hybridized carbons (Fsp3) is 0.588. The van der Waals surface area contributed by atoms with Crippen LogP contribution in [0, 0.1) is 23.2 Å². The van der Waals surface area contributed by atoms with Crippen LogP contribution in [0.25, 0.3) is 0 Å². The Hall–Kier alpha value is -2.11. The van der Waals surface area contributed by atoms with Gasteiger partial charge < -0.3 is 16.2 Å². The number of aromatic hydroxyl groups is 1. The van der Waals surface area contributed by atoms with E-state index in [2.05, 4.69) is 10.3 Å². The Labute approximate surface area is 134 Å². The molecule has 4 fully saturated rings. The smallest absolute Gasteiger partial charge is 0.270 e. The summed E-state index contributed by atoms with van der Waals surface area (Å²) in [6, 6.07) is 4.72. The van der Waals surface area contributed by atoms with E-state index in [1.54, 1.807) is 12.1 Å². The number of carbonyl (C=O) groups is 2. The van der Waals surface area contributed by atoms with Crippen molar-refractivity contribution in [2.24, 2.45) is 28.9 Å². The number of pyridine rings is 1. The topological polar surface area (TPSA) is 105 Å². The van der Waals surface area contributed by atoms with Crippen LogP contribution in [0.3, 0.4) is 0 Å². The van der Waals surface area contributed by atoms with Crippen LogP contribution in [0.15, 0.2) is 18.2 Å². The van der Waals surface area contributed by atoms with Gasteiger partial charge in [-0.15, -0.1) is 0 Å². The molecule has 2 unspecified atom stereocenters. The maximum absolute atomic E-state index is 12.4.